The van der Waals surface area contributed by atoms with Crippen LogP contribution >= 0.6 is 0 Å². The number of nitrogens with zero attached hydrogens (tertiary/aromatic N) is 2. The summed E-state index contributed by atoms with van der Waals surface area (Å²) in [4.78, 5) is 8.83. The number of methoxy groups -OCH3 is 2. The van der Waals surface area contributed by atoms with Crippen LogP contribution in [-0.2, 0) is 9.47 Å². The highest BCUT2D eigenvalue weighted by Gasteiger charge is 2.13. The van der Waals surface area contributed by atoms with Crippen molar-refractivity contribution in [3.05, 3.63) is 54.9 Å². The number of aromatic nitrogens is 2. The van der Waals surface area contributed by atoms with Crippen molar-refractivity contribution in [2.75, 3.05) is 46.0 Å². The molecular formula is C23H27N3O4. The van der Waals surface area contributed by atoms with Crippen LogP contribution in [0.4, 0.5) is 11.5 Å². The molecule has 2 aromatic carbocycles. The first kappa shape index (κ1) is 21.5. The molecule has 0 spiro atoms. The molecule has 7 heteroatoms. The van der Waals surface area contributed by atoms with Crippen LogP contribution in [0, 0.1) is 0 Å². The Morgan fingerprint density at radius 3 is 2.30 bits per heavy atom. The number of allylic oxidation sites excluding steroid dienone is 1. The van der Waals surface area contributed by atoms with Gasteiger partial charge in [-0.15, -0.1) is 0 Å². The van der Waals surface area contributed by atoms with Crippen molar-refractivity contribution in [3.63, 3.8) is 0 Å². The van der Waals surface area contributed by atoms with Crippen molar-refractivity contribution in [2.24, 2.45) is 0 Å². The summed E-state index contributed by atoms with van der Waals surface area (Å²) in [5, 5.41) is 4.20. The Kier molecular flexibility index (Phi) is 7.59. The van der Waals surface area contributed by atoms with Gasteiger partial charge in [0.1, 0.15) is 25.4 Å². The van der Waals surface area contributed by atoms with E-state index in [1.807, 2.05) is 43.3 Å². The Morgan fingerprint density at radius 1 is 0.933 bits per heavy atom. The second kappa shape index (κ2) is 10.6. The monoisotopic (exact) mass is 409 g/mol. The third-order valence-electron chi connectivity index (χ3n) is 4.41. The molecule has 0 unspecified atom stereocenters. The van der Waals surface area contributed by atoms with E-state index in [0.29, 0.717) is 43.7 Å². The quantitative estimate of drug-likeness (QED) is 0.469. The second-order valence-corrected chi connectivity index (χ2v) is 6.71. The fourth-order valence-corrected chi connectivity index (χ4v) is 2.86. The molecule has 1 aromatic heterocycles. The predicted molar refractivity (Wildman–Crippen MR) is 119 cm³/mol. The van der Waals surface area contributed by atoms with Gasteiger partial charge in [-0.2, -0.15) is 0 Å². The zero-order chi connectivity index (χ0) is 21.3. The Labute approximate surface area is 176 Å². The average molecular weight is 409 g/mol. The number of hydrogen-bond acceptors (Lipinski definition) is 7. The van der Waals surface area contributed by atoms with Gasteiger partial charge in [0.25, 0.3) is 0 Å². The van der Waals surface area contributed by atoms with E-state index >= 15 is 0 Å². The summed E-state index contributed by atoms with van der Waals surface area (Å²) < 4.78 is 21.9. The van der Waals surface area contributed by atoms with Crippen molar-refractivity contribution in [1.29, 1.82) is 0 Å². The van der Waals surface area contributed by atoms with E-state index in [2.05, 4.69) is 21.9 Å². The summed E-state index contributed by atoms with van der Waals surface area (Å²) in [6.45, 7) is 7.75. The van der Waals surface area contributed by atoms with Gasteiger partial charge in [-0.3, -0.25) is 0 Å². The number of anilines is 2. The molecule has 0 aliphatic carbocycles. The molecule has 0 saturated heterocycles. The largest absolute Gasteiger partial charge is 0.487 e. The fraction of sp³-hybridized carbons (Fsp3) is 0.304. The third kappa shape index (κ3) is 5.46. The lowest BCUT2D eigenvalue weighted by Gasteiger charge is -2.15. The fourth-order valence-electron chi connectivity index (χ4n) is 2.86. The van der Waals surface area contributed by atoms with Crippen LogP contribution in [0.3, 0.4) is 0 Å². The number of nitrogens with one attached hydrogen (secondary N) is 1. The van der Waals surface area contributed by atoms with Gasteiger partial charge in [0.05, 0.1) is 18.7 Å². The number of ether oxygens (including phenoxy) is 4. The van der Waals surface area contributed by atoms with Crippen LogP contribution in [0.15, 0.2) is 49.3 Å². The van der Waals surface area contributed by atoms with Crippen LogP contribution in [-0.4, -0.2) is 50.6 Å². The second-order valence-electron chi connectivity index (χ2n) is 6.71. The highest BCUT2D eigenvalue weighted by atomic mass is 16.5. The summed E-state index contributed by atoms with van der Waals surface area (Å²) >= 11 is 0. The smallest absolute Gasteiger partial charge is 0.163 e. The molecule has 30 heavy (non-hydrogen) atoms. The highest BCUT2D eigenvalue weighted by Crippen LogP contribution is 2.35. The lowest BCUT2D eigenvalue weighted by atomic mass is 10.1. The van der Waals surface area contributed by atoms with Crippen LogP contribution < -0.4 is 14.8 Å². The van der Waals surface area contributed by atoms with Crippen LogP contribution in [0.25, 0.3) is 16.5 Å². The maximum atomic E-state index is 5.89. The molecule has 0 aliphatic heterocycles. The van der Waals surface area contributed by atoms with Crippen molar-refractivity contribution >= 4 is 28.0 Å². The first-order chi connectivity index (χ1) is 14.6. The first-order valence-corrected chi connectivity index (χ1v) is 9.67. The average Bonchev–Trinajstić information content (AvgIpc) is 2.75. The van der Waals surface area contributed by atoms with E-state index in [1.54, 1.807) is 14.2 Å². The minimum absolute atomic E-state index is 0.403. The Bertz CT molecular complexity index is 1010. The van der Waals surface area contributed by atoms with Gasteiger partial charge in [-0.1, -0.05) is 24.3 Å². The van der Waals surface area contributed by atoms with Crippen molar-refractivity contribution in [3.8, 4) is 11.5 Å². The minimum Gasteiger partial charge on any atom is -0.487 e. The van der Waals surface area contributed by atoms with Gasteiger partial charge in [0.2, 0.25) is 0 Å². The summed E-state index contributed by atoms with van der Waals surface area (Å²) in [7, 11) is 3.27. The molecule has 0 fully saturated rings. The molecule has 0 atom stereocenters. The van der Waals surface area contributed by atoms with Crippen molar-refractivity contribution in [2.45, 2.75) is 6.92 Å². The van der Waals surface area contributed by atoms with Gasteiger partial charge < -0.3 is 24.3 Å². The molecule has 3 rings (SSSR count). The number of hydrogen-bond donors (Lipinski definition) is 1. The van der Waals surface area contributed by atoms with Gasteiger partial charge in [0, 0.05) is 31.4 Å². The molecule has 7 nitrogen and oxygen atoms in total. The zero-order valence-corrected chi connectivity index (χ0v) is 17.6. The van der Waals surface area contributed by atoms with E-state index in [1.165, 1.54) is 6.33 Å². The molecule has 158 valence electrons. The maximum Gasteiger partial charge on any atom is 0.163 e. The Hall–Kier alpha value is -3.16. The van der Waals surface area contributed by atoms with Gasteiger partial charge in [0.15, 0.2) is 11.5 Å². The molecule has 0 aliphatic rings. The standard InChI is InChI=1S/C23H27N3O4/c1-16(2)17-6-5-7-18(12-17)26-23-19-13-21(29-10-8-27-3)22(30-11-9-28-4)14-20(19)24-15-25-23/h5-7,12-15H,1,8-11H2,2-4H3,(H,24,25,26). The SMILES string of the molecule is C=C(C)c1cccc(Nc2ncnc3cc(OCCOC)c(OCCOC)cc23)c1. The first-order valence-electron chi connectivity index (χ1n) is 9.67. The van der Waals surface area contributed by atoms with Gasteiger partial charge in [-0.25, -0.2) is 9.97 Å². The topological polar surface area (TPSA) is 74.7 Å². The Balaban J connectivity index is 1.96. The molecular weight excluding hydrogens is 382 g/mol. The molecule has 1 heterocycles. The molecule has 0 radical (unpaired) electrons. The normalized spacial score (nSPS) is 10.8. The molecule has 0 saturated carbocycles. The Morgan fingerprint density at radius 2 is 1.63 bits per heavy atom. The van der Waals surface area contributed by atoms with Crippen LogP contribution in [0.1, 0.15) is 12.5 Å². The van der Waals surface area contributed by atoms with Crippen molar-refractivity contribution in [1.82, 2.24) is 9.97 Å². The predicted octanol–water partition coefficient (Wildman–Crippen LogP) is 4.46. The third-order valence-corrected chi connectivity index (χ3v) is 4.41. The number of benzene rings is 2. The van der Waals surface area contributed by atoms with E-state index in [4.69, 9.17) is 18.9 Å². The van der Waals surface area contributed by atoms with Gasteiger partial charge >= 0.3 is 0 Å². The van der Waals surface area contributed by atoms with Crippen LogP contribution in [0.5, 0.6) is 11.5 Å². The number of fused-ring (bicyclic) bond motifs is 1. The summed E-state index contributed by atoms with van der Waals surface area (Å²) in [5.41, 5.74) is 3.72. The van der Waals surface area contributed by atoms with E-state index in [0.717, 1.165) is 27.7 Å². The maximum absolute atomic E-state index is 5.89. The molecule has 0 bridgehead atoms. The lowest BCUT2D eigenvalue weighted by Crippen LogP contribution is -2.09. The van der Waals surface area contributed by atoms with Gasteiger partial charge in [-0.05, 0) is 30.7 Å². The minimum atomic E-state index is 0.403. The van der Waals surface area contributed by atoms with Crippen molar-refractivity contribution < 1.29 is 18.9 Å². The summed E-state index contributed by atoms with van der Waals surface area (Å²) in [6.07, 6.45) is 1.53. The molecule has 1 N–H and O–H groups in total. The lowest BCUT2D eigenvalue weighted by molar-refractivity contribution is 0.132. The highest BCUT2D eigenvalue weighted by molar-refractivity contribution is 5.93. The van der Waals surface area contributed by atoms with E-state index in [-0.39, 0.29) is 0 Å². The zero-order valence-electron chi connectivity index (χ0n) is 17.6. The number of rotatable bonds is 11. The van der Waals surface area contributed by atoms with E-state index in [9.17, 15) is 0 Å². The molecule has 0 amide bonds. The molecule has 3 aromatic rings. The van der Waals surface area contributed by atoms with E-state index < -0.39 is 0 Å². The summed E-state index contributed by atoms with van der Waals surface area (Å²) in [5.74, 6) is 1.88. The van der Waals surface area contributed by atoms with Crippen LogP contribution in [0.2, 0.25) is 0 Å². The summed E-state index contributed by atoms with van der Waals surface area (Å²) in [6, 6.07) is 11.8.